The highest BCUT2D eigenvalue weighted by Gasteiger charge is 2.12. The van der Waals surface area contributed by atoms with Crippen LogP contribution in [0.25, 0.3) is 16.8 Å². The zero-order valence-electron chi connectivity index (χ0n) is 14.2. The van der Waals surface area contributed by atoms with Gasteiger partial charge in [-0.3, -0.25) is 0 Å². The number of ether oxygens (including phenoxy) is 1. The number of carbonyl (C=O) groups is 1. The van der Waals surface area contributed by atoms with Gasteiger partial charge in [0, 0.05) is 18.1 Å². The molecule has 3 nitrogen and oxygen atoms in total. The molecular weight excluding hydrogens is 298 g/mol. The summed E-state index contributed by atoms with van der Waals surface area (Å²) in [4.78, 5) is 11.9. The maximum absolute atomic E-state index is 11.9. The van der Waals surface area contributed by atoms with Crippen LogP contribution >= 0.6 is 0 Å². The van der Waals surface area contributed by atoms with Crippen LogP contribution < -0.4 is 0 Å². The van der Waals surface area contributed by atoms with Crippen molar-refractivity contribution in [3.8, 4) is 16.8 Å². The van der Waals surface area contributed by atoms with E-state index in [0.717, 1.165) is 5.69 Å². The Morgan fingerprint density at radius 3 is 2.50 bits per heavy atom. The Morgan fingerprint density at radius 2 is 1.79 bits per heavy atom. The van der Waals surface area contributed by atoms with Crippen molar-refractivity contribution < 1.29 is 9.53 Å². The summed E-state index contributed by atoms with van der Waals surface area (Å²) in [6.07, 6.45) is 3.73. The van der Waals surface area contributed by atoms with Gasteiger partial charge < -0.3 is 9.30 Å². The van der Waals surface area contributed by atoms with Crippen LogP contribution in [0.5, 0.6) is 0 Å². The molecule has 0 N–H and O–H groups in total. The van der Waals surface area contributed by atoms with Gasteiger partial charge in [0.05, 0.1) is 12.2 Å². The Labute approximate surface area is 142 Å². The standard InChI is InChI=1S/C21H21NO2/c1-4-24-21(23)18-10-11-22(14-18)20-13-19(12-15(2)16(20)3)17-8-6-5-7-9-17/h5-14H,4H2,1-3H3. The van der Waals surface area contributed by atoms with E-state index in [-0.39, 0.29) is 5.97 Å². The molecule has 24 heavy (non-hydrogen) atoms. The topological polar surface area (TPSA) is 31.2 Å². The summed E-state index contributed by atoms with van der Waals surface area (Å²) in [7, 11) is 0. The third-order valence-corrected chi connectivity index (χ3v) is 4.23. The zero-order valence-corrected chi connectivity index (χ0v) is 14.2. The predicted molar refractivity (Wildman–Crippen MR) is 96.6 cm³/mol. The Balaban J connectivity index is 2.05. The SMILES string of the molecule is CCOC(=O)c1ccn(-c2cc(-c3ccccc3)cc(C)c2C)c1. The molecule has 0 saturated carbocycles. The van der Waals surface area contributed by atoms with Gasteiger partial charge in [0.25, 0.3) is 0 Å². The van der Waals surface area contributed by atoms with Gasteiger partial charge in [-0.05, 0) is 55.2 Å². The van der Waals surface area contributed by atoms with Gasteiger partial charge >= 0.3 is 5.97 Å². The number of carbonyl (C=O) groups excluding carboxylic acids is 1. The molecule has 0 spiro atoms. The third kappa shape index (κ3) is 3.11. The number of hydrogen-bond donors (Lipinski definition) is 0. The minimum absolute atomic E-state index is 0.287. The summed E-state index contributed by atoms with van der Waals surface area (Å²) in [5.74, 6) is -0.287. The first-order valence-electron chi connectivity index (χ1n) is 8.12. The van der Waals surface area contributed by atoms with E-state index in [1.165, 1.54) is 22.3 Å². The second-order valence-electron chi connectivity index (χ2n) is 5.83. The Morgan fingerprint density at radius 1 is 1.04 bits per heavy atom. The van der Waals surface area contributed by atoms with Gasteiger partial charge in [-0.1, -0.05) is 36.4 Å². The first-order valence-corrected chi connectivity index (χ1v) is 8.12. The normalized spacial score (nSPS) is 10.6. The van der Waals surface area contributed by atoms with Crippen LogP contribution in [0.3, 0.4) is 0 Å². The van der Waals surface area contributed by atoms with Crippen LogP contribution in [-0.2, 0) is 4.74 Å². The molecule has 2 aromatic carbocycles. The number of nitrogens with zero attached hydrogens (tertiary/aromatic N) is 1. The zero-order chi connectivity index (χ0) is 17.1. The highest BCUT2D eigenvalue weighted by atomic mass is 16.5. The molecule has 0 saturated heterocycles. The highest BCUT2D eigenvalue weighted by molar-refractivity contribution is 5.89. The number of hydrogen-bond acceptors (Lipinski definition) is 2. The summed E-state index contributed by atoms with van der Waals surface area (Å²) in [6.45, 7) is 6.40. The van der Waals surface area contributed by atoms with Crippen LogP contribution in [0.1, 0.15) is 28.4 Å². The van der Waals surface area contributed by atoms with Crippen LogP contribution in [0.15, 0.2) is 60.9 Å². The molecule has 0 aliphatic carbocycles. The van der Waals surface area contributed by atoms with Crippen LogP contribution in [0.4, 0.5) is 0 Å². The van der Waals surface area contributed by atoms with Crippen molar-refractivity contribution in [2.24, 2.45) is 0 Å². The molecular formula is C21H21NO2. The van der Waals surface area contributed by atoms with Crippen molar-refractivity contribution in [2.45, 2.75) is 20.8 Å². The van der Waals surface area contributed by atoms with E-state index < -0.39 is 0 Å². The van der Waals surface area contributed by atoms with Gasteiger partial charge in [0.2, 0.25) is 0 Å². The quantitative estimate of drug-likeness (QED) is 0.638. The molecule has 0 fully saturated rings. The summed E-state index contributed by atoms with van der Waals surface area (Å²) >= 11 is 0. The minimum atomic E-state index is -0.287. The second-order valence-corrected chi connectivity index (χ2v) is 5.83. The molecule has 0 unspecified atom stereocenters. The summed E-state index contributed by atoms with van der Waals surface area (Å²) in [5, 5.41) is 0. The van der Waals surface area contributed by atoms with E-state index in [2.05, 4.69) is 38.1 Å². The lowest BCUT2D eigenvalue weighted by molar-refractivity contribution is 0.0526. The minimum Gasteiger partial charge on any atom is -0.462 e. The molecule has 0 atom stereocenters. The lowest BCUT2D eigenvalue weighted by Crippen LogP contribution is -2.03. The van der Waals surface area contributed by atoms with Crippen molar-refractivity contribution >= 4 is 5.97 Å². The first kappa shape index (κ1) is 16.1. The van der Waals surface area contributed by atoms with E-state index in [0.29, 0.717) is 12.2 Å². The van der Waals surface area contributed by atoms with E-state index in [4.69, 9.17) is 4.74 Å². The number of benzene rings is 2. The van der Waals surface area contributed by atoms with Gasteiger partial charge in [-0.15, -0.1) is 0 Å². The van der Waals surface area contributed by atoms with Crippen molar-refractivity contribution in [3.05, 3.63) is 77.6 Å². The second kappa shape index (κ2) is 6.75. The van der Waals surface area contributed by atoms with Crippen molar-refractivity contribution in [3.63, 3.8) is 0 Å². The third-order valence-electron chi connectivity index (χ3n) is 4.23. The average molecular weight is 319 g/mol. The number of rotatable bonds is 4. The molecule has 3 heteroatoms. The fraction of sp³-hybridized carbons (Fsp3) is 0.190. The van der Waals surface area contributed by atoms with E-state index >= 15 is 0 Å². The van der Waals surface area contributed by atoms with Crippen LogP contribution in [-0.4, -0.2) is 17.1 Å². The summed E-state index contributed by atoms with van der Waals surface area (Å²) in [5.41, 5.74) is 6.40. The van der Waals surface area contributed by atoms with E-state index in [1.807, 2.05) is 42.1 Å². The molecule has 3 rings (SSSR count). The molecule has 0 radical (unpaired) electrons. The van der Waals surface area contributed by atoms with Crippen LogP contribution in [0.2, 0.25) is 0 Å². The molecule has 1 aromatic heterocycles. The maximum atomic E-state index is 11.9. The van der Waals surface area contributed by atoms with Gasteiger partial charge in [0.1, 0.15) is 0 Å². The number of aryl methyl sites for hydroxylation is 1. The maximum Gasteiger partial charge on any atom is 0.339 e. The molecule has 3 aromatic rings. The lowest BCUT2D eigenvalue weighted by Gasteiger charge is -2.13. The lowest BCUT2D eigenvalue weighted by atomic mass is 9.98. The summed E-state index contributed by atoms with van der Waals surface area (Å²) in [6, 6.07) is 16.5. The number of esters is 1. The molecule has 0 amide bonds. The van der Waals surface area contributed by atoms with Gasteiger partial charge in [-0.25, -0.2) is 4.79 Å². The molecule has 1 heterocycles. The molecule has 122 valence electrons. The number of aromatic nitrogens is 1. The molecule has 0 bridgehead atoms. The monoisotopic (exact) mass is 319 g/mol. The highest BCUT2D eigenvalue weighted by Crippen LogP contribution is 2.28. The van der Waals surface area contributed by atoms with Crippen molar-refractivity contribution in [1.29, 1.82) is 0 Å². The van der Waals surface area contributed by atoms with Gasteiger partial charge in [0.15, 0.2) is 0 Å². The Bertz CT molecular complexity index is 863. The predicted octanol–water partition coefficient (Wildman–Crippen LogP) is 4.94. The largest absolute Gasteiger partial charge is 0.462 e. The van der Waals surface area contributed by atoms with Crippen molar-refractivity contribution in [1.82, 2.24) is 4.57 Å². The molecule has 0 aliphatic heterocycles. The van der Waals surface area contributed by atoms with Gasteiger partial charge in [-0.2, -0.15) is 0 Å². The Hall–Kier alpha value is -2.81. The fourth-order valence-corrected chi connectivity index (χ4v) is 2.79. The smallest absolute Gasteiger partial charge is 0.339 e. The summed E-state index contributed by atoms with van der Waals surface area (Å²) < 4.78 is 7.06. The average Bonchev–Trinajstić information content (AvgIpc) is 3.08. The van der Waals surface area contributed by atoms with E-state index in [9.17, 15) is 4.79 Å². The van der Waals surface area contributed by atoms with Crippen molar-refractivity contribution in [2.75, 3.05) is 6.61 Å². The van der Waals surface area contributed by atoms with E-state index in [1.54, 1.807) is 6.07 Å². The van der Waals surface area contributed by atoms with Crippen LogP contribution in [0, 0.1) is 13.8 Å². The Kier molecular flexibility index (Phi) is 4.52. The molecule has 0 aliphatic rings. The fourth-order valence-electron chi connectivity index (χ4n) is 2.79. The first-order chi connectivity index (χ1) is 11.6.